The molecule has 0 radical (unpaired) electrons. The van der Waals surface area contributed by atoms with Crippen molar-refractivity contribution >= 4 is 8.81 Å². The van der Waals surface area contributed by atoms with Gasteiger partial charge in [-0.2, -0.15) is 0 Å². The van der Waals surface area contributed by atoms with Crippen molar-refractivity contribution in [3.63, 3.8) is 0 Å². The van der Waals surface area contributed by atoms with E-state index in [1.165, 1.54) is 70.4 Å². The van der Waals surface area contributed by atoms with Crippen LogP contribution in [0.4, 0.5) is 0 Å². The average Bonchev–Trinajstić information content (AvgIpc) is 2.31. The first-order valence-corrected chi connectivity index (χ1v) is 8.38. The third-order valence-electron chi connectivity index (χ3n) is 2.83. The molecule has 98 valence electrons. The summed E-state index contributed by atoms with van der Waals surface area (Å²) in [6.45, 7) is 5.52. The van der Waals surface area contributed by atoms with E-state index >= 15 is 0 Å². The number of hydrogen-bond donors (Lipinski definition) is 0. The van der Waals surface area contributed by atoms with E-state index in [2.05, 4.69) is 13.8 Å². The van der Waals surface area contributed by atoms with Crippen molar-refractivity contribution in [2.24, 2.45) is 0 Å². The van der Waals surface area contributed by atoms with Crippen molar-refractivity contribution in [1.82, 2.24) is 0 Å². The third-order valence-corrected chi connectivity index (χ3v) is 3.80. The molecule has 1 unspecified atom stereocenters. The summed E-state index contributed by atoms with van der Waals surface area (Å²) in [5, 5.41) is 0. The first kappa shape index (κ1) is 16.4. The van der Waals surface area contributed by atoms with Crippen LogP contribution in [0.25, 0.3) is 0 Å². The van der Waals surface area contributed by atoms with E-state index < -0.39 is 0 Å². The molecular formula is C14H31OP. The van der Waals surface area contributed by atoms with Crippen LogP contribution in [0.3, 0.4) is 0 Å². The Balaban J connectivity index is 2.83. The highest BCUT2D eigenvalue weighted by atomic mass is 31.1. The molecule has 0 aromatic heterocycles. The van der Waals surface area contributed by atoms with Gasteiger partial charge in [0.05, 0.1) is 6.61 Å². The Bertz CT molecular complexity index is 103. The molecule has 1 atom stereocenters. The van der Waals surface area contributed by atoms with Gasteiger partial charge in [0.15, 0.2) is 0 Å². The maximum atomic E-state index is 5.65. The zero-order chi connectivity index (χ0) is 11.9. The SMILES string of the molecule is CCCCCCCOPCCCCCCC. The van der Waals surface area contributed by atoms with Crippen molar-refractivity contribution < 1.29 is 4.52 Å². The lowest BCUT2D eigenvalue weighted by atomic mass is 10.2. The van der Waals surface area contributed by atoms with Crippen LogP contribution in [0.1, 0.15) is 78.1 Å². The largest absolute Gasteiger partial charge is 0.362 e. The summed E-state index contributed by atoms with van der Waals surface area (Å²) in [5.74, 6) is 0. The second-order valence-corrected chi connectivity index (χ2v) is 5.65. The van der Waals surface area contributed by atoms with Gasteiger partial charge < -0.3 is 4.52 Å². The summed E-state index contributed by atoms with van der Waals surface area (Å²) >= 11 is 0. The monoisotopic (exact) mass is 246 g/mol. The Hall–Kier alpha value is 0.390. The van der Waals surface area contributed by atoms with E-state index in [4.69, 9.17) is 4.52 Å². The third kappa shape index (κ3) is 14.4. The van der Waals surface area contributed by atoms with Crippen molar-refractivity contribution in [3.05, 3.63) is 0 Å². The molecule has 0 aliphatic heterocycles. The van der Waals surface area contributed by atoms with Crippen LogP contribution in [-0.4, -0.2) is 12.8 Å². The summed E-state index contributed by atoms with van der Waals surface area (Å²) in [6, 6.07) is 0. The van der Waals surface area contributed by atoms with Crippen molar-refractivity contribution in [3.8, 4) is 0 Å². The van der Waals surface area contributed by atoms with Crippen LogP contribution >= 0.6 is 8.81 Å². The molecule has 0 saturated heterocycles. The van der Waals surface area contributed by atoms with E-state index in [9.17, 15) is 0 Å². The van der Waals surface area contributed by atoms with Gasteiger partial charge in [0.1, 0.15) is 0 Å². The molecule has 0 aliphatic carbocycles. The Morgan fingerprint density at radius 3 is 1.88 bits per heavy atom. The number of rotatable bonds is 13. The molecule has 0 rings (SSSR count). The first-order valence-electron chi connectivity index (χ1n) is 7.26. The fraction of sp³-hybridized carbons (Fsp3) is 1.00. The summed E-state index contributed by atoms with van der Waals surface area (Å²) < 4.78 is 5.65. The van der Waals surface area contributed by atoms with Gasteiger partial charge in [-0.15, -0.1) is 0 Å². The Morgan fingerprint density at radius 2 is 1.25 bits per heavy atom. The molecule has 0 heterocycles. The molecular weight excluding hydrogens is 215 g/mol. The standard InChI is InChI=1S/C14H31OP/c1-3-5-7-9-11-13-15-16-14-12-10-8-6-4-2/h16H,3-14H2,1-2H3. The van der Waals surface area contributed by atoms with E-state index in [1.807, 2.05) is 0 Å². The number of unbranched alkanes of at least 4 members (excludes halogenated alkanes) is 8. The molecule has 0 aromatic carbocycles. The van der Waals surface area contributed by atoms with Crippen LogP contribution in [0, 0.1) is 0 Å². The summed E-state index contributed by atoms with van der Waals surface area (Å²) in [7, 11) is 0.756. The molecule has 0 bridgehead atoms. The molecule has 0 aromatic rings. The molecule has 0 spiro atoms. The molecule has 0 fully saturated rings. The van der Waals surface area contributed by atoms with Gasteiger partial charge in [-0.05, 0) is 19.0 Å². The van der Waals surface area contributed by atoms with Gasteiger partial charge in [0.25, 0.3) is 0 Å². The molecule has 16 heavy (non-hydrogen) atoms. The van der Waals surface area contributed by atoms with Gasteiger partial charge in [0, 0.05) is 8.81 Å². The summed E-state index contributed by atoms with van der Waals surface area (Å²) in [5.41, 5.74) is 0. The van der Waals surface area contributed by atoms with Crippen LogP contribution in [-0.2, 0) is 4.52 Å². The van der Waals surface area contributed by atoms with Crippen LogP contribution in [0.15, 0.2) is 0 Å². The minimum atomic E-state index is 0.756. The maximum Gasteiger partial charge on any atom is 0.0505 e. The maximum absolute atomic E-state index is 5.65. The van der Waals surface area contributed by atoms with Crippen molar-refractivity contribution in [1.29, 1.82) is 0 Å². The van der Waals surface area contributed by atoms with Gasteiger partial charge in [-0.1, -0.05) is 65.2 Å². The summed E-state index contributed by atoms with van der Waals surface area (Å²) in [6.07, 6.45) is 15.0. The zero-order valence-corrected chi connectivity index (χ0v) is 12.4. The molecule has 2 heteroatoms. The average molecular weight is 246 g/mol. The lowest BCUT2D eigenvalue weighted by Gasteiger charge is -2.04. The Labute approximate surface area is 105 Å². The highest BCUT2D eigenvalue weighted by molar-refractivity contribution is 7.32. The normalized spacial score (nSPS) is 11.6. The fourth-order valence-electron chi connectivity index (χ4n) is 1.72. The first-order chi connectivity index (χ1) is 7.91. The van der Waals surface area contributed by atoms with E-state index in [1.54, 1.807) is 0 Å². The second-order valence-electron chi connectivity index (χ2n) is 4.57. The topological polar surface area (TPSA) is 9.23 Å². The molecule has 0 aliphatic rings. The quantitative estimate of drug-likeness (QED) is 0.306. The predicted molar refractivity (Wildman–Crippen MR) is 76.7 cm³/mol. The summed E-state index contributed by atoms with van der Waals surface area (Å²) in [4.78, 5) is 0. The molecule has 0 saturated carbocycles. The molecule has 0 N–H and O–H groups in total. The van der Waals surface area contributed by atoms with Crippen molar-refractivity contribution in [2.45, 2.75) is 78.1 Å². The van der Waals surface area contributed by atoms with Gasteiger partial charge in [-0.25, -0.2) is 0 Å². The number of hydrogen-bond acceptors (Lipinski definition) is 1. The molecule has 1 nitrogen and oxygen atoms in total. The molecule has 0 amide bonds. The Kier molecular flexibility index (Phi) is 15.8. The van der Waals surface area contributed by atoms with Gasteiger partial charge in [0.2, 0.25) is 0 Å². The minimum absolute atomic E-state index is 0.756. The second kappa shape index (κ2) is 15.4. The predicted octanol–water partition coefficient (Wildman–Crippen LogP) is 5.54. The lowest BCUT2D eigenvalue weighted by Crippen LogP contribution is -1.88. The highest BCUT2D eigenvalue weighted by Gasteiger charge is 1.92. The van der Waals surface area contributed by atoms with Crippen LogP contribution < -0.4 is 0 Å². The van der Waals surface area contributed by atoms with Gasteiger partial charge in [-0.3, -0.25) is 0 Å². The van der Waals surface area contributed by atoms with E-state index in [-0.39, 0.29) is 0 Å². The van der Waals surface area contributed by atoms with E-state index in [0.29, 0.717) is 0 Å². The smallest absolute Gasteiger partial charge is 0.0505 e. The van der Waals surface area contributed by atoms with Gasteiger partial charge >= 0.3 is 0 Å². The minimum Gasteiger partial charge on any atom is -0.362 e. The van der Waals surface area contributed by atoms with Crippen molar-refractivity contribution in [2.75, 3.05) is 12.8 Å². The Morgan fingerprint density at radius 1 is 0.688 bits per heavy atom. The lowest BCUT2D eigenvalue weighted by molar-refractivity contribution is 0.344. The zero-order valence-electron chi connectivity index (χ0n) is 11.4. The van der Waals surface area contributed by atoms with E-state index in [0.717, 1.165) is 15.4 Å². The highest BCUT2D eigenvalue weighted by Crippen LogP contribution is 2.16. The van der Waals surface area contributed by atoms with Crippen LogP contribution in [0.2, 0.25) is 0 Å². The van der Waals surface area contributed by atoms with Crippen LogP contribution in [0.5, 0.6) is 0 Å². The fourth-order valence-corrected chi connectivity index (χ4v) is 2.55.